The van der Waals surface area contributed by atoms with Crippen LogP contribution < -0.4 is 16.4 Å². The summed E-state index contributed by atoms with van der Waals surface area (Å²) >= 11 is 0. The van der Waals surface area contributed by atoms with Gasteiger partial charge < -0.3 is 4.57 Å². The minimum Gasteiger partial charge on any atom is -0.318 e. The van der Waals surface area contributed by atoms with Crippen LogP contribution in [-0.2, 0) is 13.2 Å². The van der Waals surface area contributed by atoms with Gasteiger partial charge in [-0.15, -0.1) is 0 Å². The largest absolute Gasteiger partial charge is 0.417 e. The fourth-order valence-electron chi connectivity index (χ4n) is 1.56. The standard InChI is InChI=1S/C13H11F3N4O2/c1-20-7-8(2-5-11(20)21)12(22)19-18-10-4-3-9(6-17-10)13(14,15)16/h2-7H,1H3,(H,17,18)(H,19,22). The van der Waals surface area contributed by atoms with Crippen molar-refractivity contribution in [1.82, 2.24) is 15.0 Å². The van der Waals surface area contributed by atoms with Crippen LogP contribution in [-0.4, -0.2) is 15.5 Å². The number of carbonyl (C=O) groups is 1. The van der Waals surface area contributed by atoms with E-state index < -0.39 is 17.6 Å². The highest BCUT2D eigenvalue weighted by Crippen LogP contribution is 2.28. The number of nitrogens with zero attached hydrogens (tertiary/aromatic N) is 2. The van der Waals surface area contributed by atoms with Crippen LogP contribution in [0.15, 0.2) is 41.5 Å². The maximum Gasteiger partial charge on any atom is 0.417 e. The lowest BCUT2D eigenvalue weighted by Gasteiger charge is -2.10. The Morgan fingerprint density at radius 2 is 1.95 bits per heavy atom. The second kappa shape index (κ2) is 5.88. The predicted octanol–water partition coefficient (Wildman–Crippen LogP) is 1.56. The van der Waals surface area contributed by atoms with Gasteiger partial charge in [0.2, 0.25) is 5.56 Å². The van der Waals surface area contributed by atoms with Gasteiger partial charge in [0.15, 0.2) is 0 Å². The molecule has 0 aromatic carbocycles. The second-order valence-electron chi connectivity index (χ2n) is 4.38. The Kier molecular flexibility index (Phi) is 4.15. The maximum atomic E-state index is 12.4. The minimum atomic E-state index is -4.47. The number of aryl methyl sites for hydroxylation is 1. The fraction of sp³-hybridized carbons (Fsp3) is 0.154. The number of nitrogens with one attached hydrogen (secondary N) is 2. The fourth-order valence-corrected chi connectivity index (χ4v) is 1.56. The molecule has 22 heavy (non-hydrogen) atoms. The van der Waals surface area contributed by atoms with E-state index in [9.17, 15) is 22.8 Å². The molecule has 0 unspecified atom stereocenters. The van der Waals surface area contributed by atoms with Crippen molar-refractivity contribution in [3.05, 3.63) is 58.1 Å². The maximum absolute atomic E-state index is 12.4. The average Bonchev–Trinajstić information content (AvgIpc) is 2.47. The topological polar surface area (TPSA) is 76.0 Å². The van der Waals surface area contributed by atoms with Gasteiger partial charge in [-0.2, -0.15) is 13.2 Å². The molecular weight excluding hydrogens is 301 g/mol. The Bertz CT molecular complexity index is 738. The van der Waals surface area contributed by atoms with Gasteiger partial charge in [0.05, 0.1) is 11.1 Å². The first-order chi connectivity index (χ1) is 10.3. The summed E-state index contributed by atoms with van der Waals surface area (Å²) in [4.78, 5) is 26.6. The monoisotopic (exact) mass is 312 g/mol. The molecule has 0 aliphatic heterocycles. The summed E-state index contributed by atoms with van der Waals surface area (Å²) in [5.41, 5.74) is 3.72. The Morgan fingerprint density at radius 1 is 1.23 bits per heavy atom. The molecule has 1 amide bonds. The van der Waals surface area contributed by atoms with Gasteiger partial charge in [0.25, 0.3) is 5.91 Å². The number of pyridine rings is 2. The molecule has 0 bridgehead atoms. The molecule has 0 fully saturated rings. The average molecular weight is 312 g/mol. The van der Waals surface area contributed by atoms with Crippen molar-refractivity contribution in [2.24, 2.45) is 7.05 Å². The summed E-state index contributed by atoms with van der Waals surface area (Å²) in [6, 6.07) is 4.49. The highest BCUT2D eigenvalue weighted by atomic mass is 19.4. The van der Waals surface area contributed by atoms with Crippen molar-refractivity contribution in [1.29, 1.82) is 0 Å². The number of halogens is 3. The van der Waals surface area contributed by atoms with E-state index in [-0.39, 0.29) is 16.9 Å². The van der Waals surface area contributed by atoms with E-state index in [1.807, 2.05) is 0 Å². The second-order valence-corrected chi connectivity index (χ2v) is 4.38. The Labute approximate surface area is 122 Å². The normalized spacial score (nSPS) is 11.1. The molecule has 2 heterocycles. The molecule has 0 atom stereocenters. The number of alkyl halides is 3. The van der Waals surface area contributed by atoms with Crippen LogP contribution in [0.25, 0.3) is 0 Å². The first kappa shape index (κ1) is 15.5. The third kappa shape index (κ3) is 3.62. The summed E-state index contributed by atoms with van der Waals surface area (Å²) < 4.78 is 38.3. The summed E-state index contributed by atoms with van der Waals surface area (Å²) in [5, 5.41) is 0. The highest BCUT2D eigenvalue weighted by Gasteiger charge is 2.30. The van der Waals surface area contributed by atoms with Crippen LogP contribution in [0, 0.1) is 0 Å². The molecule has 0 saturated carbocycles. The van der Waals surface area contributed by atoms with Gasteiger partial charge in [-0.3, -0.25) is 20.4 Å². The van der Waals surface area contributed by atoms with Gasteiger partial charge in [-0.25, -0.2) is 4.98 Å². The zero-order chi connectivity index (χ0) is 16.3. The molecule has 0 saturated heterocycles. The highest BCUT2D eigenvalue weighted by molar-refractivity contribution is 5.94. The molecule has 9 heteroatoms. The first-order valence-electron chi connectivity index (χ1n) is 6.03. The molecule has 2 N–H and O–H groups in total. The molecule has 116 valence electrons. The summed E-state index contributed by atoms with van der Waals surface area (Å²) in [5.74, 6) is -0.511. The minimum absolute atomic E-state index is 0.0474. The Morgan fingerprint density at radius 3 is 2.50 bits per heavy atom. The molecule has 2 rings (SSSR count). The van der Waals surface area contributed by atoms with Crippen LogP contribution in [0.4, 0.5) is 19.0 Å². The number of carbonyl (C=O) groups excluding carboxylic acids is 1. The van der Waals surface area contributed by atoms with Crippen LogP contribution in [0.5, 0.6) is 0 Å². The molecule has 6 nitrogen and oxygen atoms in total. The first-order valence-corrected chi connectivity index (χ1v) is 6.03. The number of hydrazine groups is 1. The molecule has 0 spiro atoms. The summed E-state index contributed by atoms with van der Waals surface area (Å²) in [6.45, 7) is 0. The van der Waals surface area contributed by atoms with Crippen molar-refractivity contribution in [3.8, 4) is 0 Å². The molecule has 0 aliphatic carbocycles. The lowest BCUT2D eigenvalue weighted by atomic mass is 10.2. The van der Waals surface area contributed by atoms with E-state index in [2.05, 4.69) is 15.8 Å². The van der Waals surface area contributed by atoms with E-state index in [0.29, 0.717) is 6.20 Å². The van der Waals surface area contributed by atoms with E-state index in [0.717, 1.165) is 12.1 Å². The smallest absolute Gasteiger partial charge is 0.318 e. The summed E-state index contributed by atoms with van der Waals surface area (Å²) in [7, 11) is 1.49. The quantitative estimate of drug-likeness (QED) is 0.843. The summed E-state index contributed by atoms with van der Waals surface area (Å²) in [6.07, 6.45) is -2.48. The molecule has 0 aliphatic rings. The van der Waals surface area contributed by atoms with Crippen molar-refractivity contribution in [3.63, 3.8) is 0 Å². The third-order valence-corrected chi connectivity index (χ3v) is 2.74. The van der Waals surface area contributed by atoms with Gasteiger partial charge >= 0.3 is 6.18 Å². The number of hydrogen-bond acceptors (Lipinski definition) is 4. The van der Waals surface area contributed by atoms with Gasteiger partial charge in [0.1, 0.15) is 5.82 Å². The zero-order valence-corrected chi connectivity index (χ0v) is 11.3. The van der Waals surface area contributed by atoms with Crippen LogP contribution >= 0.6 is 0 Å². The Balaban J connectivity index is 2.02. The zero-order valence-electron chi connectivity index (χ0n) is 11.3. The Hall–Kier alpha value is -2.84. The molecule has 2 aromatic heterocycles. The number of aromatic nitrogens is 2. The van der Waals surface area contributed by atoms with Crippen LogP contribution in [0.1, 0.15) is 15.9 Å². The number of hydrogen-bond donors (Lipinski definition) is 2. The van der Waals surface area contributed by atoms with Crippen molar-refractivity contribution >= 4 is 11.7 Å². The SMILES string of the molecule is Cn1cc(C(=O)NNc2ccc(C(F)(F)F)cn2)ccc1=O. The van der Waals surface area contributed by atoms with Gasteiger partial charge in [0, 0.05) is 25.5 Å². The van der Waals surface area contributed by atoms with Crippen LogP contribution in [0.2, 0.25) is 0 Å². The number of amides is 1. The van der Waals surface area contributed by atoms with Gasteiger partial charge in [-0.1, -0.05) is 0 Å². The predicted molar refractivity (Wildman–Crippen MR) is 72.0 cm³/mol. The van der Waals surface area contributed by atoms with E-state index >= 15 is 0 Å². The van der Waals surface area contributed by atoms with E-state index in [1.165, 1.54) is 29.9 Å². The van der Waals surface area contributed by atoms with Crippen molar-refractivity contribution in [2.75, 3.05) is 5.43 Å². The molecule has 0 radical (unpaired) electrons. The van der Waals surface area contributed by atoms with E-state index in [4.69, 9.17) is 0 Å². The van der Waals surface area contributed by atoms with Gasteiger partial charge in [-0.05, 0) is 18.2 Å². The lowest BCUT2D eigenvalue weighted by molar-refractivity contribution is -0.137. The number of rotatable bonds is 3. The third-order valence-electron chi connectivity index (χ3n) is 2.74. The van der Waals surface area contributed by atoms with Crippen LogP contribution in [0.3, 0.4) is 0 Å². The van der Waals surface area contributed by atoms with E-state index in [1.54, 1.807) is 0 Å². The molecular formula is C13H11F3N4O2. The number of anilines is 1. The van der Waals surface area contributed by atoms with Crippen molar-refractivity contribution in [2.45, 2.75) is 6.18 Å². The van der Waals surface area contributed by atoms with Crippen molar-refractivity contribution < 1.29 is 18.0 Å². The lowest BCUT2D eigenvalue weighted by Crippen LogP contribution is -2.31. The molecule has 2 aromatic rings.